The first-order valence-corrected chi connectivity index (χ1v) is 5.94. The lowest BCUT2D eigenvalue weighted by Gasteiger charge is -2.00. The number of hydrogen-bond acceptors (Lipinski definition) is 5. The summed E-state index contributed by atoms with van der Waals surface area (Å²) in [4.78, 5) is 26.2. The molecular formula is C9H11ClN2O3S. The minimum atomic E-state index is -0.407. The third-order valence-electron chi connectivity index (χ3n) is 1.72. The number of hydrogen-bond donors (Lipinski definition) is 1. The average molecular weight is 263 g/mol. The van der Waals surface area contributed by atoms with E-state index >= 15 is 0 Å². The summed E-state index contributed by atoms with van der Waals surface area (Å²) in [5.41, 5.74) is 0.718. The van der Waals surface area contributed by atoms with E-state index < -0.39 is 5.97 Å². The summed E-state index contributed by atoms with van der Waals surface area (Å²) >= 11 is 6.87. The summed E-state index contributed by atoms with van der Waals surface area (Å²) in [5.74, 6) is -0.356. The van der Waals surface area contributed by atoms with Gasteiger partial charge < -0.3 is 10.1 Å². The molecule has 1 N–H and O–H groups in total. The minimum absolute atomic E-state index is 0.0655. The molecule has 0 bridgehead atoms. The van der Waals surface area contributed by atoms with Gasteiger partial charge in [0.2, 0.25) is 5.91 Å². The normalized spacial score (nSPS) is 9.88. The number of methoxy groups -OCH3 is 1. The fourth-order valence-corrected chi connectivity index (χ4v) is 1.88. The molecule has 1 amide bonds. The third kappa shape index (κ3) is 4.16. The Hall–Kier alpha value is -1.14. The maximum absolute atomic E-state index is 11.3. The number of carbonyl (C=O) groups excluding carboxylic acids is 2. The van der Waals surface area contributed by atoms with Gasteiger partial charge in [0.15, 0.2) is 5.13 Å². The molecule has 0 saturated carbocycles. The summed E-state index contributed by atoms with van der Waals surface area (Å²) in [6.45, 7) is 0. The third-order valence-corrected chi connectivity index (χ3v) is 2.80. The van der Waals surface area contributed by atoms with E-state index in [1.54, 1.807) is 5.38 Å². The van der Waals surface area contributed by atoms with Crippen LogP contribution in [0.1, 0.15) is 18.5 Å². The molecule has 0 radical (unpaired) electrons. The quantitative estimate of drug-likeness (QED) is 0.649. The zero-order valence-electron chi connectivity index (χ0n) is 8.66. The van der Waals surface area contributed by atoms with Crippen molar-refractivity contribution in [3.63, 3.8) is 0 Å². The van der Waals surface area contributed by atoms with Crippen LogP contribution in [0.2, 0.25) is 0 Å². The maximum atomic E-state index is 11.3. The monoisotopic (exact) mass is 262 g/mol. The molecule has 1 rings (SSSR count). The second-order valence-corrected chi connectivity index (χ2v) is 4.03. The Balaban J connectivity index is 2.36. The zero-order chi connectivity index (χ0) is 12.0. The van der Waals surface area contributed by atoms with Gasteiger partial charge in [0.1, 0.15) is 0 Å². The summed E-state index contributed by atoms with van der Waals surface area (Å²) in [5, 5.41) is 4.84. The first kappa shape index (κ1) is 12.9. The largest absolute Gasteiger partial charge is 0.469 e. The van der Waals surface area contributed by atoms with Gasteiger partial charge in [0, 0.05) is 11.8 Å². The number of thiazole rings is 1. The molecule has 0 aromatic carbocycles. The van der Waals surface area contributed by atoms with Crippen LogP contribution in [-0.2, 0) is 20.2 Å². The summed E-state index contributed by atoms with van der Waals surface area (Å²) < 4.78 is 4.42. The number of rotatable bonds is 5. The molecule has 0 atom stereocenters. The highest BCUT2D eigenvalue weighted by molar-refractivity contribution is 7.13. The van der Waals surface area contributed by atoms with E-state index in [0.29, 0.717) is 11.0 Å². The van der Waals surface area contributed by atoms with Gasteiger partial charge in [-0.05, 0) is 0 Å². The highest BCUT2D eigenvalue weighted by Gasteiger charge is 2.09. The van der Waals surface area contributed by atoms with E-state index in [-0.39, 0.29) is 18.7 Å². The molecule has 0 aliphatic carbocycles. The molecule has 1 aromatic heterocycles. The van der Waals surface area contributed by atoms with Crippen molar-refractivity contribution >= 4 is 39.9 Å². The predicted octanol–water partition coefficient (Wildman–Crippen LogP) is 1.77. The lowest BCUT2D eigenvalue weighted by atomic mass is 10.3. The number of aromatic nitrogens is 1. The number of alkyl halides is 1. The smallest absolute Gasteiger partial charge is 0.306 e. The van der Waals surface area contributed by atoms with Crippen molar-refractivity contribution in [3.05, 3.63) is 11.1 Å². The van der Waals surface area contributed by atoms with E-state index in [0.717, 1.165) is 5.69 Å². The van der Waals surface area contributed by atoms with Gasteiger partial charge in [0.25, 0.3) is 0 Å². The molecule has 0 aliphatic rings. The van der Waals surface area contributed by atoms with Crippen LogP contribution < -0.4 is 5.32 Å². The van der Waals surface area contributed by atoms with Gasteiger partial charge in [0.05, 0.1) is 25.1 Å². The van der Waals surface area contributed by atoms with Gasteiger partial charge in [-0.1, -0.05) is 0 Å². The fourth-order valence-electron chi connectivity index (χ4n) is 0.925. The van der Waals surface area contributed by atoms with Gasteiger partial charge in [-0.15, -0.1) is 22.9 Å². The topological polar surface area (TPSA) is 68.3 Å². The number of anilines is 1. The molecule has 5 nitrogen and oxygen atoms in total. The second-order valence-electron chi connectivity index (χ2n) is 2.90. The van der Waals surface area contributed by atoms with Crippen LogP contribution in [0.5, 0.6) is 0 Å². The highest BCUT2D eigenvalue weighted by atomic mass is 35.5. The Labute approximate surface area is 102 Å². The molecule has 7 heteroatoms. The second kappa shape index (κ2) is 6.44. The van der Waals surface area contributed by atoms with Crippen LogP contribution in [0, 0.1) is 0 Å². The van der Waals surface area contributed by atoms with E-state index in [2.05, 4.69) is 15.0 Å². The van der Waals surface area contributed by atoms with Crippen molar-refractivity contribution in [2.24, 2.45) is 0 Å². The number of esters is 1. The van der Waals surface area contributed by atoms with Crippen molar-refractivity contribution in [3.8, 4) is 0 Å². The molecule has 0 spiro atoms. The molecule has 1 heterocycles. The van der Waals surface area contributed by atoms with E-state index in [9.17, 15) is 9.59 Å². The highest BCUT2D eigenvalue weighted by Crippen LogP contribution is 2.16. The van der Waals surface area contributed by atoms with Gasteiger partial charge in [-0.3, -0.25) is 9.59 Å². The number of ether oxygens (including phenoxy) is 1. The van der Waals surface area contributed by atoms with Crippen molar-refractivity contribution in [2.45, 2.75) is 18.7 Å². The van der Waals surface area contributed by atoms with Gasteiger partial charge >= 0.3 is 5.97 Å². The standard InChI is InChI=1S/C9H11ClN2O3S/c1-15-8(14)3-2-7(13)12-9-11-6(4-10)5-16-9/h5H,2-4H2,1H3,(H,11,12,13). The van der Waals surface area contributed by atoms with Crippen molar-refractivity contribution in [1.82, 2.24) is 4.98 Å². The lowest BCUT2D eigenvalue weighted by Crippen LogP contribution is -2.13. The summed E-state index contributed by atoms with van der Waals surface area (Å²) in [6.07, 6.45) is 0.151. The van der Waals surface area contributed by atoms with Crippen LogP contribution in [0.3, 0.4) is 0 Å². The zero-order valence-corrected chi connectivity index (χ0v) is 10.2. The Morgan fingerprint density at radius 2 is 2.31 bits per heavy atom. The fraction of sp³-hybridized carbons (Fsp3) is 0.444. The SMILES string of the molecule is COC(=O)CCC(=O)Nc1nc(CCl)cs1. The molecule has 16 heavy (non-hydrogen) atoms. The maximum Gasteiger partial charge on any atom is 0.306 e. The van der Waals surface area contributed by atoms with Crippen LogP contribution >= 0.6 is 22.9 Å². The van der Waals surface area contributed by atoms with Crippen LogP contribution in [0.4, 0.5) is 5.13 Å². The lowest BCUT2D eigenvalue weighted by molar-refractivity contribution is -0.141. The van der Waals surface area contributed by atoms with Crippen LogP contribution in [0.15, 0.2) is 5.38 Å². The van der Waals surface area contributed by atoms with Crippen LogP contribution in [-0.4, -0.2) is 24.0 Å². The number of halogens is 1. The molecule has 0 fully saturated rings. The number of carbonyl (C=O) groups is 2. The van der Waals surface area contributed by atoms with E-state index in [4.69, 9.17) is 11.6 Å². The Morgan fingerprint density at radius 3 is 2.88 bits per heavy atom. The van der Waals surface area contributed by atoms with E-state index in [1.165, 1.54) is 18.4 Å². The average Bonchev–Trinajstić information content (AvgIpc) is 2.73. The van der Waals surface area contributed by atoms with Crippen molar-refractivity contribution in [1.29, 1.82) is 0 Å². The predicted molar refractivity (Wildman–Crippen MR) is 61.6 cm³/mol. The van der Waals surface area contributed by atoms with Crippen molar-refractivity contribution < 1.29 is 14.3 Å². The van der Waals surface area contributed by atoms with E-state index in [1.807, 2.05) is 0 Å². The Kier molecular flexibility index (Phi) is 5.21. The molecular weight excluding hydrogens is 252 g/mol. The first-order valence-electron chi connectivity index (χ1n) is 4.52. The first-order chi connectivity index (χ1) is 7.65. The van der Waals surface area contributed by atoms with Gasteiger partial charge in [-0.25, -0.2) is 4.98 Å². The number of amides is 1. The van der Waals surface area contributed by atoms with Crippen molar-refractivity contribution in [2.75, 3.05) is 12.4 Å². The van der Waals surface area contributed by atoms with Crippen LogP contribution in [0.25, 0.3) is 0 Å². The molecule has 0 saturated heterocycles. The Morgan fingerprint density at radius 1 is 1.56 bits per heavy atom. The van der Waals surface area contributed by atoms with Gasteiger partial charge in [-0.2, -0.15) is 0 Å². The minimum Gasteiger partial charge on any atom is -0.469 e. The molecule has 88 valence electrons. The molecule has 1 aromatic rings. The molecule has 0 aliphatic heterocycles. The summed E-state index contributed by atoms with van der Waals surface area (Å²) in [7, 11) is 1.29. The summed E-state index contributed by atoms with van der Waals surface area (Å²) in [6, 6.07) is 0. The molecule has 0 unspecified atom stereocenters. The number of nitrogens with one attached hydrogen (secondary N) is 1. The number of nitrogens with zero attached hydrogens (tertiary/aromatic N) is 1. The Bertz CT molecular complexity index is 381.